The van der Waals surface area contributed by atoms with Crippen molar-refractivity contribution in [2.45, 2.75) is 12.3 Å². The molecule has 1 N–H and O–H groups in total. The van der Waals surface area contributed by atoms with Crippen molar-refractivity contribution in [3.05, 3.63) is 64.7 Å². The molecule has 2 aromatic carbocycles. The molecule has 2 rings (SSSR count). The van der Waals surface area contributed by atoms with Gasteiger partial charge in [0, 0.05) is 16.1 Å². The van der Waals surface area contributed by atoms with Crippen molar-refractivity contribution in [1.29, 1.82) is 0 Å². The number of carbonyl (C=O) groups is 2. The Balaban J connectivity index is 2.40. The van der Waals surface area contributed by atoms with Gasteiger partial charge in [-0.05, 0) is 25.1 Å². The second kappa shape index (κ2) is 6.74. The fourth-order valence-corrected chi connectivity index (χ4v) is 2.02. The monoisotopic (exact) mass is 321 g/mol. The Hall–Kier alpha value is -1.84. The largest absolute Gasteiger partial charge is 0.324 e. The molecule has 0 fully saturated rings. The molecule has 108 valence electrons. The van der Waals surface area contributed by atoms with Crippen molar-refractivity contribution in [1.82, 2.24) is 0 Å². The Morgan fingerprint density at radius 3 is 2.38 bits per heavy atom. The van der Waals surface area contributed by atoms with Crippen LogP contribution in [0.1, 0.15) is 22.8 Å². The normalized spacial score (nSPS) is 11.8. The number of ketones is 1. The SMILES string of the molecule is C[C@@H](Cl)C(=O)Nc1ccc(Cl)cc1C(=O)c1ccccc1. The van der Waals surface area contributed by atoms with Gasteiger partial charge in [0.05, 0.1) is 5.69 Å². The van der Waals surface area contributed by atoms with Gasteiger partial charge in [0.15, 0.2) is 5.78 Å². The Kier molecular flexibility index (Phi) is 4.99. The molecule has 0 aliphatic rings. The van der Waals surface area contributed by atoms with Crippen LogP contribution in [0.25, 0.3) is 0 Å². The number of benzene rings is 2. The van der Waals surface area contributed by atoms with Gasteiger partial charge in [0.1, 0.15) is 5.38 Å². The van der Waals surface area contributed by atoms with E-state index < -0.39 is 5.38 Å². The lowest BCUT2D eigenvalue weighted by molar-refractivity contribution is -0.115. The van der Waals surface area contributed by atoms with Crippen LogP contribution in [0.3, 0.4) is 0 Å². The molecule has 3 nitrogen and oxygen atoms in total. The molecule has 21 heavy (non-hydrogen) atoms. The number of halogens is 2. The van der Waals surface area contributed by atoms with Gasteiger partial charge in [-0.1, -0.05) is 41.9 Å². The van der Waals surface area contributed by atoms with E-state index in [0.29, 0.717) is 21.8 Å². The van der Waals surface area contributed by atoms with Crippen LogP contribution >= 0.6 is 23.2 Å². The molecule has 1 amide bonds. The van der Waals surface area contributed by atoms with E-state index in [9.17, 15) is 9.59 Å². The zero-order valence-corrected chi connectivity index (χ0v) is 12.8. The van der Waals surface area contributed by atoms with Crippen molar-refractivity contribution >= 4 is 40.6 Å². The minimum atomic E-state index is -0.694. The molecule has 2 aromatic rings. The summed E-state index contributed by atoms with van der Waals surface area (Å²) in [6, 6.07) is 13.5. The first-order chi connectivity index (χ1) is 9.99. The standard InChI is InChI=1S/C16H13Cl2NO2/c1-10(17)16(21)19-14-8-7-12(18)9-13(14)15(20)11-5-3-2-4-6-11/h2-10H,1H3,(H,19,21)/t10-/m1/s1. The lowest BCUT2D eigenvalue weighted by Gasteiger charge is -2.12. The maximum Gasteiger partial charge on any atom is 0.242 e. The average molecular weight is 322 g/mol. The van der Waals surface area contributed by atoms with Crippen LogP contribution in [0.15, 0.2) is 48.5 Å². The van der Waals surface area contributed by atoms with E-state index in [1.807, 2.05) is 6.07 Å². The summed E-state index contributed by atoms with van der Waals surface area (Å²) in [6.45, 7) is 1.56. The van der Waals surface area contributed by atoms with Crippen molar-refractivity contribution in [3.63, 3.8) is 0 Å². The summed E-state index contributed by atoms with van der Waals surface area (Å²) in [4.78, 5) is 24.2. The topological polar surface area (TPSA) is 46.2 Å². The fourth-order valence-electron chi connectivity index (χ4n) is 1.79. The van der Waals surface area contributed by atoms with Crippen LogP contribution in [-0.2, 0) is 4.79 Å². The number of nitrogens with one attached hydrogen (secondary N) is 1. The minimum absolute atomic E-state index is 0.212. The number of alkyl halides is 1. The molecule has 0 unspecified atom stereocenters. The third-order valence-electron chi connectivity index (χ3n) is 2.88. The molecule has 0 saturated heterocycles. The summed E-state index contributed by atoms with van der Waals surface area (Å²) in [6.07, 6.45) is 0. The van der Waals surface area contributed by atoms with E-state index in [1.165, 1.54) is 6.07 Å². The first kappa shape index (κ1) is 15.5. The number of hydrogen-bond donors (Lipinski definition) is 1. The van der Waals surface area contributed by atoms with Gasteiger partial charge in [-0.2, -0.15) is 0 Å². The molecular formula is C16H13Cl2NO2. The third kappa shape index (κ3) is 3.84. The van der Waals surface area contributed by atoms with Crippen molar-refractivity contribution < 1.29 is 9.59 Å². The zero-order valence-electron chi connectivity index (χ0n) is 11.3. The smallest absolute Gasteiger partial charge is 0.242 e. The molecule has 0 aliphatic heterocycles. The summed E-state index contributed by atoms with van der Waals surface area (Å²) < 4.78 is 0. The van der Waals surface area contributed by atoms with Gasteiger partial charge >= 0.3 is 0 Å². The second-order valence-electron chi connectivity index (χ2n) is 4.49. The highest BCUT2D eigenvalue weighted by molar-refractivity contribution is 6.33. The van der Waals surface area contributed by atoms with E-state index in [-0.39, 0.29) is 11.7 Å². The predicted octanol–water partition coefficient (Wildman–Crippen LogP) is 4.14. The summed E-state index contributed by atoms with van der Waals surface area (Å²) in [5, 5.41) is 2.37. The second-order valence-corrected chi connectivity index (χ2v) is 5.58. The van der Waals surface area contributed by atoms with Crippen LogP contribution in [0, 0.1) is 0 Å². The van der Waals surface area contributed by atoms with Gasteiger partial charge in [-0.3, -0.25) is 9.59 Å². The minimum Gasteiger partial charge on any atom is -0.324 e. The highest BCUT2D eigenvalue weighted by Crippen LogP contribution is 2.24. The van der Waals surface area contributed by atoms with E-state index in [2.05, 4.69) is 5.32 Å². The maximum atomic E-state index is 12.5. The first-order valence-electron chi connectivity index (χ1n) is 6.33. The van der Waals surface area contributed by atoms with Crippen LogP contribution in [0.2, 0.25) is 5.02 Å². The summed E-state index contributed by atoms with van der Waals surface area (Å²) in [5.41, 5.74) is 1.25. The summed E-state index contributed by atoms with van der Waals surface area (Å²) >= 11 is 11.7. The van der Waals surface area contributed by atoms with Crippen molar-refractivity contribution in [2.75, 3.05) is 5.32 Å². The molecule has 0 bridgehead atoms. The summed E-state index contributed by atoms with van der Waals surface area (Å²) in [5.74, 6) is -0.586. The zero-order chi connectivity index (χ0) is 15.4. The Morgan fingerprint density at radius 1 is 1.10 bits per heavy atom. The molecular weight excluding hydrogens is 309 g/mol. The number of anilines is 1. The maximum absolute atomic E-state index is 12.5. The highest BCUT2D eigenvalue weighted by Gasteiger charge is 2.17. The van der Waals surface area contributed by atoms with Crippen molar-refractivity contribution in [3.8, 4) is 0 Å². The fraction of sp³-hybridized carbons (Fsp3) is 0.125. The molecule has 5 heteroatoms. The Labute approximate surface area is 132 Å². The number of carbonyl (C=O) groups excluding carboxylic acids is 2. The number of amides is 1. The van der Waals surface area contributed by atoms with Crippen LogP contribution in [0.4, 0.5) is 5.69 Å². The van der Waals surface area contributed by atoms with E-state index >= 15 is 0 Å². The molecule has 0 saturated carbocycles. The van der Waals surface area contributed by atoms with Crippen LogP contribution < -0.4 is 5.32 Å². The van der Waals surface area contributed by atoms with Gasteiger partial charge in [-0.15, -0.1) is 11.6 Å². The molecule has 0 aromatic heterocycles. The summed E-state index contributed by atoms with van der Waals surface area (Å²) in [7, 11) is 0. The average Bonchev–Trinajstić information content (AvgIpc) is 2.49. The Morgan fingerprint density at radius 2 is 1.76 bits per heavy atom. The predicted molar refractivity (Wildman–Crippen MR) is 85.3 cm³/mol. The van der Waals surface area contributed by atoms with Gasteiger partial charge in [0.2, 0.25) is 5.91 Å². The van der Waals surface area contributed by atoms with Crippen LogP contribution in [0.5, 0.6) is 0 Å². The lowest BCUT2D eigenvalue weighted by atomic mass is 10.0. The molecule has 1 atom stereocenters. The molecule has 0 radical (unpaired) electrons. The number of rotatable bonds is 4. The van der Waals surface area contributed by atoms with Gasteiger partial charge in [-0.25, -0.2) is 0 Å². The molecule has 0 aliphatic carbocycles. The third-order valence-corrected chi connectivity index (χ3v) is 3.31. The molecule has 0 spiro atoms. The highest BCUT2D eigenvalue weighted by atomic mass is 35.5. The lowest BCUT2D eigenvalue weighted by Crippen LogP contribution is -2.22. The quantitative estimate of drug-likeness (QED) is 0.679. The number of hydrogen-bond acceptors (Lipinski definition) is 2. The van der Waals surface area contributed by atoms with Gasteiger partial charge < -0.3 is 5.32 Å². The van der Waals surface area contributed by atoms with E-state index in [0.717, 1.165) is 0 Å². The van der Waals surface area contributed by atoms with Gasteiger partial charge in [0.25, 0.3) is 0 Å². The van der Waals surface area contributed by atoms with Crippen molar-refractivity contribution in [2.24, 2.45) is 0 Å². The molecule has 0 heterocycles. The first-order valence-corrected chi connectivity index (χ1v) is 7.14. The van der Waals surface area contributed by atoms with E-state index in [1.54, 1.807) is 43.3 Å². The Bertz CT molecular complexity index is 669. The van der Waals surface area contributed by atoms with Crippen LogP contribution in [-0.4, -0.2) is 17.1 Å². The van der Waals surface area contributed by atoms with E-state index in [4.69, 9.17) is 23.2 Å².